The quantitative estimate of drug-likeness (QED) is 0.735. The third-order valence-electron chi connectivity index (χ3n) is 3.38. The van der Waals surface area contributed by atoms with Crippen molar-refractivity contribution in [2.45, 2.75) is 47.7 Å². The molecular weight excluding hydrogens is 244 g/mol. The van der Waals surface area contributed by atoms with Gasteiger partial charge in [-0.25, -0.2) is 0 Å². The zero-order chi connectivity index (χ0) is 15.0. The summed E-state index contributed by atoms with van der Waals surface area (Å²) in [6.07, 6.45) is 0. The van der Waals surface area contributed by atoms with E-state index in [1.165, 1.54) is 17.7 Å². The predicted octanol–water partition coefficient (Wildman–Crippen LogP) is 3.91. The minimum Gasteiger partial charge on any atom is -0.312 e. The van der Waals surface area contributed by atoms with Crippen molar-refractivity contribution in [2.75, 3.05) is 19.6 Å². The summed E-state index contributed by atoms with van der Waals surface area (Å²) < 4.78 is 0. The van der Waals surface area contributed by atoms with Gasteiger partial charge in [0.2, 0.25) is 0 Å². The number of hydrogen-bond acceptors (Lipinski definition) is 2. The molecule has 0 fully saturated rings. The summed E-state index contributed by atoms with van der Waals surface area (Å²) in [6, 6.07) is 9.06. The maximum atomic E-state index is 3.49. The molecule has 2 heteroatoms. The van der Waals surface area contributed by atoms with Crippen molar-refractivity contribution in [3.63, 3.8) is 0 Å². The molecule has 114 valence electrons. The third kappa shape index (κ3) is 7.06. The van der Waals surface area contributed by atoms with E-state index in [2.05, 4.69) is 69.1 Å². The van der Waals surface area contributed by atoms with Crippen molar-refractivity contribution in [2.24, 2.45) is 11.8 Å². The fraction of sp³-hybridized carbons (Fsp3) is 0.667. The normalized spacial score (nSPS) is 11.8. The minimum atomic E-state index is 0.711. The van der Waals surface area contributed by atoms with Crippen molar-refractivity contribution in [1.29, 1.82) is 0 Å². The van der Waals surface area contributed by atoms with Gasteiger partial charge in [-0.1, -0.05) is 58.9 Å². The third-order valence-corrected chi connectivity index (χ3v) is 3.38. The number of nitrogens with zero attached hydrogens (tertiary/aromatic N) is 1. The van der Waals surface area contributed by atoms with Gasteiger partial charge in [-0.15, -0.1) is 0 Å². The van der Waals surface area contributed by atoms with Crippen molar-refractivity contribution in [3.05, 3.63) is 35.4 Å². The summed E-state index contributed by atoms with van der Waals surface area (Å²) >= 11 is 0. The summed E-state index contributed by atoms with van der Waals surface area (Å²) in [7, 11) is 0. The molecular formula is C18H32N2. The summed E-state index contributed by atoms with van der Waals surface area (Å²) in [6.45, 7) is 16.7. The van der Waals surface area contributed by atoms with Gasteiger partial charge in [-0.2, -0.15) is 0 Å². The second-order valence-corrected chi connectivity index (χ2v) is 6.56. The lowest BCUT2D eigenvalue weighted by Crippen LogP contribution is -2.27. The van der Waals surface area contributed by atoms with E-state index in [1.54, 1.807) is 0 Å². The van der Waals surface area contributed by atoms with Crippen LogP contribution in [0.15, 0.2) is 24.3 Å². The maximum absolute atomic E-state index is 3.49. The first-order chi connectivity index (χ1) is 9.51. The number of benzene rings is 1. The Bertz CT molecular complexity index is 354. The molecule has 0 spiro atoms. The molecule has 0 atom stereocenters. The fourth-order valence-electron chi connectivity index (χ4n) is 2.35. The van der Waals surface area contributed by atoms with Crippen LogP contribution in [-0.2, 0) is 13.1 Å². The lowest BCUT2D eigenvalue weighted by molar-refractivity contribution is 0.248. The Hall–Kier alpha value is -0.860. The van der Waals surface area contributed by atoms with Crippen LogP contribution in [0, 0.1) is 11.8 Å². The van der Waals surface area contributed by atoms with Crippen molar-refractivity contribution < 1.29 is 0 Å². The Morgan fingerprint density at radius 2 is 1.55 bits per heavy atom. The Morgan fingerprint density at radius 1 is 0.950 bits per heavy atom. The Kier molecular flexibility index (Phi) is 7.86. The van der Waals surface area contributed by atoms with Crippen LogP contribution in [0.3, 0.4) is 0 Å². The van der Waals surface area contributed by atoms with Crippen molar-refractivity contribution in [3.8, 4) is 0 Å². The lowest BCUT2D eigenvalue weighted by atomic mass is 10.1. The molecule has 0 radical (unpaired) electrons. The van der Waals surface area contributed by atoms with Crippen LogP contribution in [-0.4, -0.2) is 24.5 Å². The van der Waals surface area contributed by atoms with Gasteiger partial charge in [0.1, 0.15) is 0 Å². The van der Waals surface area contributed by atoms with Gasteiger partial charge in [0.05, 0.1) is 0 Å². The van der Waals surface area contributed by atoms with E-state index < -0.39 is 0 Å². The van der Waals surface area contributed by atoms with Crippen LogP contribution in [0.1, 0.15) is 45.7 Å². The van der Waals surface area contributed by atoms with Gasteiger partial charge in [0.25, 0.3) is 0 Å². The molecule has 1 N–H and O–H groups in total. The van der Waals surface area contributed by atoms with Crippen LogP contribution in [0.2, 0.25) is 0 Å². The highest BCUT2D eigenvalue weighted by Gasteiger charge is 2.06. The zero-order valence-corrected chi connectivity index (χ0v) is 13.9. The van der Waals surface area contributed by atoms with Gasteiger partial charge < -0.3 is 5.32 Å². The Morgan fingerprint density at radius 3 is 2.05 bits per heavy atom. The highest BCUT2D eigenvalue weighted by Crippen LogP contribution is 2.09. The molecule has 2 nitrogen and oxygen atoms in total. The number of nitrogens with one attached hydrogen (secondary N) is 1. The summed E-state index contributed by atoms with van der Waals surface area (Å²) in [5.41, 5.74) is 2.79. The molecule has 1 rings (SSSR count). The van der Waals surface area contributed by atoms with Crippen LogP contribution >= 0.6 is 0 Å². The second kappa shape index (κ2) is 9.15. The smallest absolute Gasteiger partial charge is 0.0233 e. The molecule has 20 heavy (non-hydrogen) atoms. The van der Waals surface area contributed by atoms with E-state index in [0.717, 1.165) is 32.1 Å². The summed E-state index contributed by atoms with van der Waals surface area (Å²) in [5.74, 6) is 1.44. The highest BCUT2D eigenvalue weighted by molar-refractivity contribution is 5.22. The van der Waals surface area contributed by atoms with Crippen LogP contribution < -0.4 is 5.32 Å². The SMILES string of the molecule is CCN(Cc1ccc(CNCC(C)C)cc1)CC(C)C. The van der Waals surface area contributed by atoms with E-state index in [9.17, 15) is 0 Å². The first-order valence-electron chi connectivity index (χ1n) is 8.02. The van der Waals surface area contributed by atoms with Gasteiger partial charge in [0, 0.05) is 19.6 Å². The first-order valence-corrected chi connectivity index (χ1v) is 8.02. The predicted molar refractivity (Wildman–Crippen MR) is 88.8 cm³/mol. The van der Waals surface area contributed by atoms with Gasteiger partial charge in [0.15, 0.2) is 0 Å². The van der Waals surface area contributed by atoms with Crippen molar-refractivity contribution in [1.82, 2.24) is 10.2 Å². The molecule has 0 aliphatic carbocycles. The Balaban J connectivity index is 2.44. The monoisotopic (exact) mass is 276 g/mol. The molecule has 0 saturated heterocycles. The zero-order valence-electron chi connectivity index (χ0n) is 13.9. The average Bonchev–Trinajstić information content (AvgIpc) is 2.39. The van der Waals surface area contributed by atoms with Crippen LogP contribution in [0.4, 0.5) is 0 Å². The Labute approximate surface area is 125 Å². The lowest BCUT2D eigenvalue weighted by Gasteiger charge is -2.22. The van der Waals surface area contributed by atoms with Crippen LogP contribution in [0.5, 0.6) is 0 Å². The van der Waals surface area contributed by atoms with Crippen LogP contribution in [0.25, 0.3) is 0 Å². The molecule has 0 aromatic heterocycles. The number of rotatable bonds is 9. The van der Waals surface area contributed by atoms with Gasteiger partial charge in [-0.3, -0.25) is 4.90 Å². The molecule has 1 aromatic carbocycles. The number of hydrogen-bond donors (Lipinski definition) is 1. The topological polar surface area (TPSA) is 15.3 Å². The van der Waals surface area contributed by atoms with E-state index in [-0.39, 0.29) is 0 Å². The van der Waals surface area contributed by atoms with Gasteiger partial charge in [-0.05, 0) is 36.1 Å². The van der Waals surface area contributed by atoms with Gasteiger partial charge >= 0.3 is 0 Å². The molecule has 0 bridgehead atoms. The van der Waals surface area contributed by atoms with E-state index in [1.807, 2.05) is 0 Å². The highest BCUT2D eigenvalue weighted by atomic mass is 15.1. The molecule has 0 saturated carbocycles. The molecule has 0 heterocycles. The fourth-order valence-corrected chi connectivity index (χ4v) is 2.35. The molecule has 0 aliphatic heterocycles. The molecule has 0 amide bonds. The van der Waals surface area contributed by atoms with E-state index in [0.29, 0.717) is 5.92 Å². The maximum Gasteiger partial charge on any atom is 0.0233 e. The molecule has 1 aromatic rings. The molecule has 0 aliphatic rings. The second-order valence-electron chi connectivity index (χ2n) is 6.56. The summed E-state index contributed by atoms with van der Waals surface area (Å²) in [5, 5.41) is 3.49. The summed E-state index contributed by atoms with van der Waals surface area (Å²) in [4.78, 5) is 2.51. The first kappa shape index (κ1) is 17.2. The largest absolute Gasteiger partial charge is 0.312 e. The van der Waals surface area contributed by atoms with E-state index in [4.69, 9.17) is 0 Å². The average molecular weight is 276 g/mol. The standard InChI is InChI=1S/C18H32N2/c1-6-20(13-16(4)5)14-18-9-7-17(8-10-18)12-19-11-15(2)3/h7-10,15-16,19H,6,11-14H2,1-5H3. The van der Waals surface area contributed by atoms with E-state index >= 15 is 0 Å². The molecule has 0 unspecified atom stereocenters. The van der Waals surface area contributed by atoms with Crippen molar-refractivity contribution >= 4 is 0 Å². The minimum absolute atomic E-state index is 0.711.